The van der Waals surface area contributed by atoms with Crippen molar-refractivity contribution >= 4 is 11.8 Å². The Morgan fingerprint density at radius 3 is 2.50 bits per heavy atom. The van der Waals surface area contributed by atoms with Gasteiger partial charge in [0.05, 0.1) is 0 Å². The third-order valence-corrected chi connectivity index (χ3v) is 4.42. The zero-order chi connectivity index (χ0) is 18.2. The van der Waals surface area contributed by atoms with Crippen molar-refractivity contribution in [3.63, 3.8) is 0 Å². The van der Waals surface area contributed by atoms with Gasteiger partial charge in [-0.15, -0.1) is 0 Å². The van der Waals surface area contributed by atoms with E-state index in [1.807, 2.05) is 59.5 Å². The Morgan fingerprint density at radius 1 is 0.962 bits per heavy atom. The Kier molecular flexibility index (Phi) is 6.25. The van der Waals surface area contributed by atoms with Crippen molar-refractivity contribution in [3.8, 4) is 5.75 Å². The normalized spacial score (nSPS) is 13.9. The molecule has 1 heterocycles. The molecular formula is C21H24N2O3. The molecule has 0 spiro atoms. The smallest absolute Gasteiger partial charge is 0.258 e. The lowest BCUT2D eigenvalue weighted by molar-refractivity contribution is -0.123. The molecule has 0 aromatic heterocycles. The van der Waals surface area contributed by atoms with Gasteiger partial charge in [-0.25, -0.2) is 0 Å². The number of carbonyl (C=O) groups is 2. The van der Waals surface area contributed by atoms with Gasteiger partial charge in [0.1, 0.15) is 5.75 Å². The molecule has 2 aromatic rings. The predicted molar refractivity (Wildman–Crippen MR) is 100.0 cm³/mol. The Hall–Kier alpha value is -2.82. The van der Waals surface area contributed by atoms with Gasteiger partial charge in [0.2, 0.25) is 0 Å². The van der Waals surface area contributed by atoms with Crippen LogP contribution in [0.3, 0.4) is 0 Å². The molecule has 2 aromatic carbocycles. The monoisotopic (exact) mass is 352 g/mol. The lowest BCUT2D eigenvalue weighted by atomic mass is 10.1. The second-order valence-corrected chi connectivity index (χ2v) is 6.43. The molecule has 2 amide bonds. The molecule has 1 saturated heterocycles. The molecule has 0 saturated carbocycles. The Morgan fingerprint density at radius 2 is 1.73 bits per heavy atom. The highest BCUT2D eigenvalue weighted by Crippen LogP contribution is 2.14. The largest absolute Gasteiger partial charge is 0.484 e. The van der Waals surface area contributed by atoms with E-state index in [1.165, 1.54) is 6.42 Å². The van der Waals surface area contributed by atoms with Gasteiger partial charge >= 0.3 is 0 Å². The number of likely N-dealkylation sites (tertiary alicyclic amines) is 1. The van der Waals surface area contributed by atoms with Crippen LogP contribution in [0.25, 0.3) is 0 Å². The Labute approximate surface area is 154 Å². The standard InChI is InChI=1S/C21H24N2O3/c24-20(16-26-19-10-3-1-4-11-19)22-15-17-8-7-9-18(14-17)21(25)23-12-5-2-6-13-23/h1,3-4,7-11,14H,2,5-6,12-13,15-16H2,(H,22,24). The van der Waals surface area contributed by atoms with Crippen molar-refractivity contribution in [1.29, 1.82) is 0 Å². The maximum Gasteiger partial charge on any atom is 0.258 e. The molecule has 1 aliphatic rings. The quantitative estimate of drug-likeness (QED) is 0.869. The number of rotatable bonds is 6. The molecule has 1 aliphatic heterocycles. The number of hydrogen-bond acceptors (Lipinski definition) is 3. The summed E-state index contributed by atoms with van der Waals surface area (Å²) in [7, 11) is 0. The molecule has 26 heavy (non-hydrogen) atoms. The fourth-order valence-electron chi connectivity index (χ4n) is 3.01. The van der Waals surface area contributed by atoms with E-state index in [0.717, 1.165) is 31.5 Å². The number of amides is 2. The lowest BCUT2D eigenvalue weighted by Crippen LogP contribution is -2.35. The summed E-state index contributed by atoms with van der Waals surface area (Å²) >= 11 is 0. The van der Waals surface area contributed by atoms with Crippen LogP contribution in [-0.4, -0.2) is 36.4 Å². The Bertz CT molecular complexity index is 740. The molecule has 0 unspecified atom stereocenters. The van der Waals surface area contributed by atoms with E-state index in [1.54, 1.807) is 0 Å². The summed E-state index contributed by atoms with van der Waals surface area (Å²) in [4.78, 5) is 26.4. The average molecular weight is 352 g/mol. The number of hydrogen-bond donors (Lipinski definition) is 1. The maximum atomic E-state index is 12.6. The molecule has 0 bridgehead atoms. The van der Waals surface area contributed by atoms with Crippen LogP contribution in [0.1, 0.15) is 35.2 Å². The van der Waals surface area contributed by atoms with Crippen LogP contribution in [0, 0.1) is 0 Å². The van der Waals surface area contributed by atoms with E-state index in [9.17, 15) is 9.59 Å². The van der Waals surface area contributed by atoms with Crippen molar-refractivity contribution in [2.24, 2.45) is 0 Å². The van der Waals surface area contributed by atoms with E-state index in [2.05, 4.69) is 5.32 Å². The summed E-state index contributed by atoms with van der Waals surface area (Å²) in [6, 6.07) is 16.7. The van der Waals surface area contributed by atoms with Gasteiger partial charge in [-0.3, -0.25) is 9.59 Å². The molecule has 0 radical (unpaired) electrons. The highest BCUT2D eigenvalue weighted by molar-refractivity contribution is 5.94. The third-order valence-electron chi connectivity index (χ3n) is 4.42. The molecule has 0 aliphatic carbocycles. The molecule has 1 fully saturated rings. The fourth-order valence-corrected chi connectivity index (χ4v) is 3.01. The van der Waals surface area contributed by atoms with E-state index >= 15 is 0 Å². The first-order valence-electron chi connectivity index (χ1n) is 9.05. The zero-order valence-corrected chi connectivity index (χ0v) is 14.8. The van der Waals surface area contributed by atoms with Crippen molar-refractivity contribution in [2.45, 2.75) is 25.8 Å². The van der Waals surface area contributed by atoms with E-state index in [0.29, 0.717) is 17.9 Å². The van der Waals surface area contributed by atoms with Crippen LogP contribution < -0.4 is 10.1 Å². The molecule has 5 heteroatoms. The summed E-state index contributed by atoms with van der Waals surface area (Å²) in [6.45, 7) is 2.00. The fraction of sp³-hybridized carbons (Fsp3) is 0.333. The molecule has 1 N–H and O–H groups in total. The van der Waals surface area contributed by atoms with Crippen LogP contribution in [-0.2, 0) is 11.3 Å². The summed E-state index contributed by atoms with van der Waals surface area (Å²) in [5, 5.41) is 2.83. The summed E-state index contributed by atoms with van der Waals surface area (Å²) < 4.78 is 5.42. The van der Waals surface area contributed by atoms with Gasteiger partial charge in [-0.05, 0) is 49.1 Å². The number of carbonyl (C=O) groups excluding carboxylic acids is 2. The predicted octanol–water partition coefficient (Wildman–Crippen LogP) is 3.01. The molecule has 0 atom stereocenters. The van der Waals surface area contributed by atoms with Gasteiger partial charge in [0, 0.05) is 25.2 Å². The number of ether oxygens (including phenoxy) is 1. The minimum Gasteiger partial charge on any atom is -0.484 e. The number of benzene rings is 2. The van der Waals surface area contributed by atoms with Crippen molar-refractivity contribution < 1.29 is 14.3 Å². The minimum atomic E-state index is -0.193. The lowest BCUT2D eigenvalue weighted by Gasteiger charge is -2.26. The van der Waals surface area contributed by atoms with E-state index in [4.69, 9.17) is 4.74 Å². The first-order valence-corrected chi connectivity index (χ1v) is 9.05. The second-order valence-electron chi connectivity index (χ2n) is 6.43. The highest BCUT2D eigenvalue weighted by Gasteiger charge is 2.18. The van der Waals surface area contributed by atoms with Gasteiger partial charge in [-0.1, -0.05) is 30.3 Å². The zero-order valence-electron chi connectivity index (χ0n) is 14.8. The first-order chi connectivity index (χ1) is 12.7. The number of piperidine rings is 1. The number of para-hydroxylation sites is 1. The van der Waals surface area contributed by atoms with Gasteiger partial charge < -0.3 is 15.0 Å². The Balaban J connectivity index is 1.50. The summed E-state index contributed by atoms with van der Waals surface area (Å²) in [5.74, 6) is 0.545. The number of nitrogens with zero attached hydrogens (tertiary/aromatic N) is 1. The van der Waals surface area contributed by atoms with Crippen molar-refractivity contribution in [2.75, 3.05) is 19.7 Å². The van der Waals surface area contributed by atoms with Crippen LogP contribution in [0.2, 0.25) is 0 Å². The average Bonchev–Trinajstić information content (AvgIpc) is 2.72. The molecule has 3 rings (SSSR count). The summed E-state index contributed by atoms with van der Waals surface area (Å²) in [6.07, 6.45) is 3.34. The third kappa shape index (κ3) is 5.09. The van der Waals surface area contributed by atoms with Gasteiger partial charge in [0.15, 0.2) is 6.61 Å². The second kappa shape index (κ2) is 9.04. The SMILES string of the molecule is O=C(COc1ccccc1)NCc1cccc(C(=O)N2CCCCC2)c1. The van der Waals surface area contributed by atoms with Crippen molar-refractivity contribution in [1.82, 2.24) is 10.2 Å². The minimum absolute atomic E-state index is 0.0313. The topological polar surface area (TPSA) is 58.6 Å². The van der Waals surface area contributed by atoms with Crippen LogP contribution >= 0.6 is 0 Å². The van der Waals surface area contributed by atoms with Crippen LogP contribution in [0.15, 0.2) is 54.6 Å². The molecule has 5 nitrogen and oxygen atoms in total. The van der Waals surface area contributed by atoms with Crippen molar-refractivity contribution in [3.05, 3.63) is 65.7 Å². The molecular weight excluding hydrogens is 328 g/mol. The maximum absolute atomic E-state index is 12.6. The van der Waals surface area contributed by atoms with Gasteiger partial charge in [0.25, 0.3) is 11.8 Å². The number of nitrogens with one attached hydrogen (secondary N) is 1. The van der Waals surface area contributed by atoms with Crippen LogP contribution in [0.5, 0.6) is 5.75 Å². The highest BCUT2D eigenvalue weighted by atomic mass is 16.5. The summed E-state index contributed by atoms with van der Waals surface area (Å²) in [5.41, 5.74) is 1.58. The van der Waals surface area contributed by atoms with Gasteiger partial charge in [-0.2, -0.15) is 0 Å². The van der Waals surface area contributed by atoms with Crippen LogP contribution in [0.4, 0.5) is 0 Å². The van der Waals surface area contributed by atoms with E-state index in [-0.39, 0.29) is 18.4 Å². The van der Waals surface area contributed by atoms with E-state index < -0.39 is 0 Å². The first kappa shape index (κ1) is 18.0. The molecule has 136 valence electrons.